The van der Waals surface area contributed by atoms with Crippen LogP contribution in [0.25, 0.3) is 0 Å². The van der Waals surface area contributed by atoms with Gasteiger partial charge in [-0.25, -0.2) is 9.18 Å². The lowest BCUT2D eigenvalue weighted by Crippen LogP contribution is -2.46. The van der Waals surface area contributed by atoms with Gasteiger partial charge in [-0.3, -0.25) is 9.59 Å². The van der Waals surface area contributed by atoms with E-state index in [4.69, 9.17) is 4.74 Å². The average molecular weight is 416 g/mol. The number of amides is 1. The molecular weight excluding hydrogens is 387 g/mol. The number of aryl methyl sites for hydroxylation is 1. The molecule has 162 valence electrons. The van der Waals surface area contributed by atoms with Crippen LogP contribution in [0.3, 0.4) is 0 Å². The molecule has 0 spiro atoms. The van der Waals surface area contributed by atoms with Crippen LogP contribution in [0.1, 0.15) is 65.8 Å². The number of ether oxygens (including phenoxy) is 1. The molecule has 1 amide bonds. The number of nitrogens with zero attached hydrogens (tertiary/aromatic N) is 1. The number of ketones is 1. The highest BCUT2D eigenvalue weighted by Crippen LogP contribution is 2.20. The van der Waals surface area contributed by atoms with Crippen molar-refractivity contribution in [2.75, 3.05) is 6.61 Å². The Morgan fingerprint density at radius 2 is 1.70 bits per heavy atom. The van der Waals surface area contributed by atoms with Crippen LogP contribution >= 0.6 is 0 Å². The maximum atomic E-state index is 13.8. The van der Waals surface area contributed by atoms with Crippen LogP contribution in [0.5, 0.6) is 0 Å². The third-order valence-electron chi connectivity index (χ3n) is 4.97. The summed E-state index contributed by atoms with van der Waals surface area (Å²) in [6.07, 6.45) is 0. The Balaban J connectivity index is 2.07. The molecule has 0 aliphatic heterocycles. The topological polar surface area (TPSA) is 77.4 Å². The fourth-order valence-corrected chi connectivity index (χ4v) is 3.52. The summed E-state index contributed by atoms with van der Waals surface area (Å²) in [5.41, 5.74) is 2.12. The van der Waals surface area contributed by atoms with Crippen molar-refractivity contribution in [1.82, 2.24) is 9.88 Å². The van der Waals surface area contributed by atoms with Crippen molar-refractivity contribution < 1.29 is 23.5 Å². The van der Waals surface area contributed by atoms with E-state index >= 15 is 0 Å². The molecule has 6 nitrogen and oxygen atoms in total. The van der Waals surface area contributed by atoms with Crippen molar-refractivity contribution in [3.8, 4) is 0 Å². The SMILES string of the molecule is Cc1cc(C(=O)COC(=O)[C@@H](NC(=O)c2ccccc2F)C(C)C)c(C)n1C(C)C. The zero-order valence-corrected chi connectivity index (χ0v) is 18.3. The number of hydrogen-bond donors (Lipinski definition) is 1. The second-order valence-corrected chi connectivity index (χ2v) is 7.95. The lowest BCUT2D eigenvalue weighted by Gasteiger charge is -2.21. The minimum absolute atomic E-state index is 0.159. The molecule has 0 saturated heterocycles. The number of nitrogens with one attached hydrogen (secondary N) is 1. The molecule has 7 heteroatoms. The molecule has 1 N–H and O–H groups in total. The first-order valence-electron chi connectivity index (χ1n) is 9.98. The van der Waals surface area contributed by atoms with Gasteiger partial charge in [-0.1, -0.05) is 26.0 Å². The summed E-state index contributed by atoms with van der Waals surface area (Å²) >= 11 is 0. The molecule has 0 aliphatic rings. The van der Waals surface area contributed by atoms with Gasteiger partial charge in [0, 0.05) is 23.0 Å². The van der Waals surface area contributed by atoms with Gasteiger partial charge in [-0.05, 0) is 51.8 Å². The van der Waals surface area contributed by atoms with Crippen LogP contribution in [0.15, 0.2) is 30.3 Å². The number of carbonyl (C=O) groups excluding carboxylic acids is 3. The largest absolute Gasteiger partial charge is 0.456 e. The Morgan fingerprint density at radius 3 is 2.23 bits per heavy atom. The van der Waals surface area contributed by atoms with Crippen molar-refractivity contribution in [3.63, 3.8) is 0 Å². The van der Waals surface area contributed by atoms with Crippen molar-refractivity contribution in [1.29, 1.82) is 0 Å². The van der Waals surface area contributed by atoms with E-state index in [2.05, 4.69) is 5.32 Å². The van der Waals surface area contributed by atoms with Gasteiger partial charge in [-0.2, -0.15) is 0 Å². The molecule has 1 heterocycles. The Hall–Kier alpha value is -2.96. The van der Waals surface area contributed by atoms with Gasteiger partial charge in [0.15, 0.2) is 6.61 Å². The molecule has 0 unspecified atom stereocenters. The number of carbonyl (C=O) groups is 3. The molecule has 1 atom stereocenters. The lowest BCUT2D eigenvalue weighted by atomic mass is 10.0. The number of aromatic nitrogens is 1. The molecule has 2 aromatic rings. The van der Waals surface area contributed by atoms with Gasteiger partial charge >= 0.3 is 5.97 Å². The molecule has 0 bridgehead atoms. The Kier molecular flexibility index (Phi) is 7.54. The van der Waals surface area contributed by atoms with Crippen molar-refractivity contribution in [3.05, 3.63) is 58.7 Å². The third-order valence-corrected chi connectivity index (χ3v) is 4.97. The van der Waals surface area contributed by atoms with Crippen LogP contribution in [0, 0.1) is 25.6 Å². The summed E-state index contributed by atoms with van der Waals surface area (Å²) < 4.78 is 21.1. The molecule has 2 rings (SSSR count). The van der Waals surface area contributed by atoms with E-state index in [1.54, 1.807) is 19.9 Å². The lowest BCUT2D eigenvalue weighted by molar-refractivity contribution is -0.145. The van der Waals surface area contributed by atoms with E-state index in [-0.39, 0.29) is 23.3 Å². The maximum Gasteiger partial charge on any atom is 0.329 e. The summed E-state index contributed by atoms with van der Waals surface area (Å²) in [5.74, 6) is -2.75. The Morgan fingerprint density at radius 1 is 1.07 bits per heavy atom. The fourth-order valence-electron chi connectivity index (χ4n) is 3.52. The second-order valence-electron chi connectivity index (χ2n) is 7.95. The summed E-state index contributed by atoms with van der Waals surface area (Å²) in [7, 11) is 0. The number of esters is 1. The first kappa shape index (κ1) is 23.3. The van der Waals surface area contributed by atoms with E-state index in [0.29, 0.717) is 5.56 Å². The predicted octanol–water partition coefficient (Wildman–Crippen LogP) is 4.01. The summed E-state index contributed by atoms with van der Waals surface area (Å²) in [6.45, 7) is 10.9. The number of benzene rings is 1. The predicted molar refractivity (Wildman–Crippen MR) is 112 cm³/mol. The smallest absolute Gasteiger partial charge is 0.329 e. The van der Waals surface area contributed by atoms with Crippen LogP contribution in [0.4, 0.5) is 4.39 Å². The van der Waals surface area contributed by atoms with Crippen molar-refractivity contribution in [2.24, 2.45) is 5.92 Å². The first-order valence-corrected chi connectivity index (χ1v) is 9.98. The highest BCUT2D eigenvalue weighted by molar-refractivity contribution is 6.00. The van der Waals surface area contributed by atoms with Crippen LogP contribution in [0.2, 0.25) is 0 Å². The van der Waals surface area contributed by atoms with Crippen LogP contribution in [-0.4, -0.2) is 34.9 Å². The number of rotatable bonds is 8. The third kappa shape index (κ3) is 5.14. The zero-order valence-electron chi connectivity index (χ0n) is 18.3. The molecule has 0 radical (unpaired) electrons. The van der Waals surface area contributed by atoms with Crippen LogP contribution < -0.4 is 5.32 Å². The van der Waals surface area contributed by atoms with Gasteiger partial charge in [0.25, 0.3) is 5.91 Å². The average Bonchev–Trinajstić information content (AvgIpc) is 2.98. The molecule has 0 fully saturated rings. The van der Waals surface area contributed by atoms with Gasteiger partial charge in [-0.15, -0.1) is 0 Å². The van der Waals surface area contributed by atoms with E-state index < -0.39 is 30.3 Å². The van der Waals surface area contributed by atoms with Gasteiger partial charge < -0.3 is 14.6 Å². The molecule has 1 aromatic heterocycles. The minimum atomic E-state index is -1.01. The first-order chi connectivity index (χ1) is 14.0. The Bertz CT molecular complexity index is 947. The quantitative estimate of drug-likeness (QED) is 0.521. The zero-order chi connectivity index (χ0) is 22.6. The number of Topliss-reactive ketones (excluding diaryl/α,β-unsaturated/α-hetero) is 1. The fraction of sp³-hybridized carbons (Fsp3) is 0.435. The monoisotopic (exact) mass is 416 g/mol. The molecule has 0 saturated carbocycles. The summed E-state index contributed by atoms with van der Waals surface area (Å²) in [5, 5.41) is 2.51. The van der Waals surface area contributed by atoms with Gasteiger partial charge in [0.1, 0.15) is 11.9 Å². The van der Waals surface area contributed by atoms with Crippen LogP contribution in [-0.2, 0) is 9.53 Å². The van der Waals surface area contributed by atoms with Crippen molar-refractivity contribution >= 4 is 17.7 Å². The van der Waals surface area contributed by atoms with E-state index in [1.807, 2.05) is 32.3 Å². The molecule has 1 aromatic carbocycles. The summed E-state index contributed by atoms with van der Waals surface area (Å²) in [6, 6.07) is 6.49. The normalized spacial score (nSPS) is 12.2. The van der Waals surface area contributed by atoms with E-state index in [0.717, 1.165) is 11.4 Å². The van der Waals surface area contributed by atoms with E-state index in [9.17, 15) is 18.8 Å². The van der Waals surface area contributed by atoms with Gasteiger partial charge in [0.05, 0.1) is 5.56 Å². The maximum absolute atomic E-state index is 13.8. The molecule has 0 aliphatic carbocycles. The standard InChI is InChI=1S/C23H29FN2O4/c1-13(2)21(25-22(28)17-9-7-8-10-19(17)24)23(29)30-12-20(27)18-11-15(5)26(14(3)4)16(18)6/h7-11,13-14,21H,12H2,1-6H3,(H,25,28)/t21-/m0/s1. The van der Waals surface area contributed by atoms with Gasteiger partial charge in [0.2, 0.25) is 5.78 Å². The molecular formula is C23H29FN2O4. The second kappa shape index (κ2) is 9.69. The minimum Gasteiger partial charge on any atom is -0.456 e. The van der Waals surface area contributed by atoms with E-state index in [1.165, 1.54) is 24.3 Å². The Labute approximate surface area is 176 Å². The highest BCUT2D eigenvalue weighted by Gasteiger charge is 2.28. The van der Waals surface area contributed by atoms with Crippen molar-refractivity contribution in [2.45, 2.75) is 53.6 Å². The molecule has 30 heavy (non-hydrogen) atoms. The number of hydrogen-bond acceptors (Lipinski definition) is 4. The summed E-state index contributed by atoms with van der Waals surface area (Å²) in [4.78, 5) is 37.5. The highest BCUT2D eigenvalue weighted by atomic mass is 19.1. The number of halogens is 1.